The van der Waals surface area contributed by atoms with Gasteiger partial charge in [-0.05, 0) is 0 Å². The van der Waals surface area contributed by atoms with E-state index < -0.39 is 9.53 Å². The molecule has 10 heavy (non-hydrogen) atoms. The van der Waals surface area contributed by atoms with Gasteiger partial charge < -0.3 is 19.9 Å². The molecule has 0 aliphatic rings. The third-order valence-electron chi connectivity index (χ3n) is 0.577. The van der Waals surface area contributed by atoms with E-state index in [0.29, 0.717) is 0 Å². The molecule has 0 bridgehead atoms. The van der Waals surface area contributed by atoms with Crippen LogP contribution in [0.5, 0.6) is 0 Å². The molecule has 0 heterocycles. The van der Waals surface area contributed by atoms with Gasteiger partial charge in [-0.1, -0.05) is 0 Å². The Hall–Kier alpha value is 0.460. The fourth-order valence-electron chi connectivity index (χ4n) is 0.289. The van der Waals surface area contributed by atoms with Crippen molar-refractivity contribution in [3.8, 4) is 0 Å². The first-order valence-electron chi connectivity index (χ1n) is 2.34. The van der Waals surface area contributed by atoms with E-state index in [9.17, 15) is 0 Å². The Bertz CT molecular complexity index is 46.6. The topological polar surface area (TPSA) is 27.7 Å². The molecule has 0 aromatic heterocycles. The van der Waals surface area contributed by atoms with E-state index in [2.05, 4.69) is 13.2 Å². The summed E-state index contributed by atoms with van der Waals surface area (Å²) >= 11 is 0. The minimum Gasteiger partial charge on any atom is -0.521 e. The SMILES string of the molecule is CO[SiH](OC)OC.[CH-]=C.[Ru+]. The zero-order valence-corrected chi connectivity index (χ0v) is 9.33. The van der Waals surface area contributed by atoms with Gasteiger partial charge in [-0.2, -0.15) is 0 Å². The van der Waals surface area contributed by atoms with Crippen LogP contribution >= 0.6 is 0 Å². The van der Waals surface area contributed by atoms with Crippen molar-refractivity contribution in [1.29, 1.82) is 0 Å². The van der Waals surface area contributed by atoms with E-state index in [1.54, 1.807) is 21.3 Å². The first-order chi connectivity index (χ1) is 4.35. The average molecular weight is 250 g/mol. The second kappa shape index (κ2) is 16.2. The van der Waals surface area contributed by atoms with Crippen LogP contribution in [0, 0.1) is 6.58 Å². The van der Waals surface area contributed by atoms with E-state index in [0.717, 1.165) is 0 Å². The van der Waals surface area contributed by atoms with Gasteiger partial charge in [-0.15, -0.1) is 0 Å². The van der Waals surface area contributed by atoms with Crippen molar-refractivity contribution in [3.63, 3.8) is 0 Å². The smallest absolute Gasteiger partial charge is 0.521 e. The van der Waals surface area contributed by atoms with E-state index in [1.807, 2.05) is 0 Å². The molecule has 5 heteroatoms. The molecule has 0 unspecified atom stereocenters. The summed E-state index contributed by atoms with van der Waals surface area (Å²) in [5, 5.41) is 0. The number of rotatable bonds is 3. The van der Waals surface area contributed by atoms with Gasteiger partial charge >= 0.3 is 29.0 Å². The van der Waals surface area contributed by atoms with Crippen molar-refractivity contribution < 1.29 is 32.8 Å². The third-order valence-corrected chi connectivity index (χ3v) is 1.73. The molecule has 0 rings (SSSR count). The maximum absolute atomic E-state index is 4.74. The third kappa shape index (κ3) is 11.3. The molecule has 1 radical (unpaired) electrons. The zero-order chi connectivity index (χ0) is 7.70. The van der Waals surface area contributed by atoms with E-state index in [4.69, 9.17) is 13.3 Å². The molecule has 0 aromatic carbocycles. The molecule has 0 N–H and O–H groups in total. The molecule has 0 spiro atoms. The van der Waals surface area contributed by atoms with Crippen molar-refractivity contribution in [3.05, 3.63) is 13.2 Å². The largest absolute Gasteiger partial charge is 1.00 e. The first kappa shape index (κ1) is 16.8. The van der Waals surface area contributed by atoms with Crippen LogP contribution in [0.4, 0.5) is 0 Å². The Morgan fingerprint density at radius 1 is 1.00 bits per heavy atom. The summed E-state index contributed by atoms with van der Waals surface area (Å²) in [7, 11) is 3.05. The normalized spacial score (nSPS) is 7.60. The number of hydrogen-bond acceptors (Lipinski definition) is 3. The molecule has 0 atom stereocenters. The fraction of sp³-hybridized carbons (Fsp3) is 0.600. The Labute approximate surface area is 77.1 Å². The summed E-state index contributed by atoms with van der Waals surface area (Å²) in [5.74, 6) is 0. The van der Waals surface area contributed by atoms with Crippen LogP contribution in [0.3, 0.4) is 0 Å². The average Bonchev–Trinajstić information content (AvgIpc) is 1.96. The van der Waals surface area contributed by atoms with Crippen molar-refractivity contribution in [2.75, 3.05) is 21.3 Å². The molecule has 0 saturated heterocycles. The van der Waals surface area contributed by atoms with Crippen LogP contribution in [0.2, 0.25) is 0 Å². The van der Waals surface area contributed by atoms with Gasteiger partial charge in [0.05, 0.1) is 0 Å². The number of hydrogen-bond donors (Lipinski definition) is 0. The minimum atomic E-state index is -1.67. The van der Waals surface area contributed by atoms with Gasteiger partial charge in [0, 0.05) is 21.3 Å². The van der Waals surface area contributed by atoms with Gasteiger partial charge in [0.1, 0.15) is 0 Å². The van der Waals surface area contributed by atoms with Crippen LogP contribution in [-0.2, 0) is 32.8 Å². The van der Waals surface area contributed by atoms with Gasteiger partial charge in [-0.25, -0.2) is 0 Å². The zero-order valence-electron chi connectivity index (χ0n) is 6.44. The van der Waals surface area contributed by atoms with Crippen LogP contribution < -0.4 is 0 Å². The molecule has 0 aromatic rings. The molecule has 0 saturated carbocycles. The minimum absolute atomic E-state index is 0. The summed E-state index contributed by atoms with van der Waals surface area (Å²) < 4.78 is 14.2. The fourth-order valence-corrected chi connectivity index (χ4v) is 0.866. The van der Waals surface area contributed by atoms with Gasteiger partial charge in [0.25, 0.3) is 0 Å². The summed E-state index contributed by atoms with van der Waals surface area (Å²) in [6, 6.07) is 0. The first-order valence-corrected chi connectivity index (χ1v) is 3.75. The molecule has 0 aliphatic carbocycles. The molecule has 0 aliphatic heterocycles. The van der Waals surface area contributed by atoms with Crippen LogP contribution in [0.1, 0.15) is 0 Å². The van der Waals surface area contributed by atoms with Gasteiger partial charge in [0.15, 0.2) is 0 Å². The van der Waals surface area contributed by atoms with Crippen LogP contribution in [0.25, 0.3) is 0 Å². The van der Waals surface area contributed by atoms with Crippen LogP contribution in [0.15, 0.2) is 6.58 Å². The standard InChI is InChI=1S/C3H10O3Si.C2H3.Ru/c1-4-7(5-2)6-3;1-2;/h7H,1-3H3;1H,2H2;/q;-1;+1. The van der Waals surface area contributed by atoms with Crippen LogP contribution in [-0.4, -0.2) is 30.9 Å². The molecule has 0 fully saturated rings. The maximum atomic E-state index is 4.74. The van der Waals surface area contributed by atoms with Crippen molar-refractivity contribution in [2.45, 2.75) is 0 Å². The Balaban J connectivity index is -0.000000149. The predicted octanol–water partition coefficient (Wildman–Crippen LogP) is 0.246. The summed E-state index contributed by atoms with van der Waals surface area (Å²) in [6.07, 6.45) is 0. The predicted molar refractivity (Wildman–Crippen MR) is 38.1 cm³/mol. The van der Waals surface area contributed by atoms with E-state index >= 15 is 0 Å². The van der Waals surface area contributed by atoms with Gasteiger partial charge in [0.2, 0.25) is 0 Å². The molecule has 63 valence electrons. The van der Waals surface area contributed by atoms with Crippen molar-refractivity contribution >= 4 is 9.53 Å². The Morgan fingerprint density at radius 2 is 1.20 bits per heavy atom. The second-order valence-electron chi connectivity index (χ2n) is 0.996. The van der Waals surface area contributed by atoms with Crippen molar-refractivity contribution in [1.82, 2.24) is 0 Å². The summed E-state index contributed by atoms with van der Waals surface area (Å²) in [5.41, 5.74) is 0. The monoisotopic (exact) mass is 251 g/mol. The molecule has 0 amide bonds. The van der Waals surface area contributed by atoms with Crippen molar-refractivity contribution in [2.24, 2.45) is 0 Å². The van der Waals surface area contributed by atoms with E-state index in [-0.39, 0.29) is 19.5 Å². The molecule has 3 nitrogen and oxygen atoms in total. The Kier molecular flexibility index (Phi) is 27.3. The quantitative estimate of drug-likeness (QED) is 0.531. The van der Waals surface area contributed by atoms with E-state index in [1.165, 1.54) is 0 Å². The molecular weight excluding hydrogens is 237 g/mol. The summed E-state index contributed by atoms with van der Waals surface area (Å²) in [4.78, 5) is 0. The second-order valence-corrected chi connectivity index (χ2v) is 2.99. The Morgan fingerprint density at radius 3 is 1.20 bits per heavy atom. The summed E-state index contributed by atoms with van der Waals surface area (Å²) in [6.45, 7) is 7.00. The maximum Gasteiger partial charge on any atom is 1.00 e. The molecular formula is C5H13O3RuSi. The van der Waals surface area contributed by atoms with Gasteiger partial charge in [-0.3, -0.25) is 6.58 Å².